The lowest BCUT2D eigenvalue weighted by molar-refractivity contribution is -0.137. The third-order valence-electron chi connectivity index (χ3n) is 9.65. The number of carbonyl (C=O) groups is 1. The first-order valence-electron chi connectivity index (χ1n) is 14.8. The van der Waals surface area contributed by atoms with Crippen molar-refractivity contribution in [1.82, 2.24) is 14.5 Å². The van der Waals surface area contributed by atoms with Crippen molar-refractivity contribution < 1.29 is 30.8 Å². The molecule has 2 aromatic rings. The minimum atomic E-state index is -4.51. The number of sulfonamides is 1. The summed E-state index contributed by atoms with van der Waals surface area (Å²) in [4.78, 5) is 20.2. The first-order valence-corrected chi connectivity index (χ1v) is 16.2. The average molecular weight is 621 g/mol. The summed E-state index contributed by atoms with van der Waals surface area (Å²) in [5, 5.41) is 3.49. The summed E-state index contributed by atoms with van der Waals surface area (Å²) in [6.45, 7) is 5.25. The number of carbonyl (C=O) groups excluding carboxylic acids is 1. The molecule has 3 aliphatic carbocycles. The number of halogens is 4. The second-order valence-electron chi connectivity index (χ2n) is 13.0. The molecule has 7 rings (SSSR count). The van der Waals surface area contributed by atoms with E-state index in [0.717, 1.165) is 62.5 Å². The summed E-state index contributed by atoms with van der Waals surface area (Å²) in [5.41, 5.74) is -1.77. The third-order valence-corrected chi connectivity index (χ3v) is 11.6. The van der Waals surface area contributed by atoms with Gasteiger partial charge in [0.2, 0.25) is 15.9 Å². The number of likely N-dealkylation sites (tertiary alicyclic amines) is 1. The molecule has 12 heteroatoms. The van der Waals surface area contributed by atoms with E-state index in [1.165, 1.54) is 28.6 Å². The Morgan fingerprint density at radius 3 is 2.23 bits per heavy atom. The summed E-state index contributed by atoms with van der Waals surface area (Å²) in [6, 6.07) is 8.54. The van der Waals surface area contributed by atoms with Crippen LogP contribution in [0.4, 0.5) is 17.6 Å². The SMILES string of the molecule is CC1(C)NC([C@H]2CC3(N(Cc4ccc(C(F)(F)F)cc4)S(=O)(=O)c4ccc(F)cc4)CC2C3)=NC1C(=O)N1CCCCC1. The van der Waals surface area contributed by atoms with Gasteiger partial charge >= 0.3 is 6.18 Å². The summed E-state index contributed by atoms with van der Waals surface area (Å²) < 4.78 is 82.8. The van der Waals surface area contributed by atoms with Crippen LogP contribution in [-0.4, -0.2) is 59.6 Å². The monoisotopic (exact) mass is 620 g/mol. The molecule has 2 aliphatic heterocycles. The highest BCUT2D eigenvalue weighted by Crippen LogP contribution is 2.60. The van der Waals surface area contributed by atoms with E-state index in [4.69, 9.17) is 4.99 Å². The molecule has 4 fully saturated rings. The molecule has 2 bridgehead atoms. The number of amides is 1. The van der Waals surface area contributed by atoms with Gasteiger partial charge in [0.25, 0.3) is 0 Å². The minimum Gasteiger partial charge on any atom is -0.366 e. The van der Waals surface area contributed by atoms with Crippen LogP contribution >= 0.6 is 0 Å². The minimum absolute atomic E-state index is 0.00933. The first-order chi connectivity index (χ1) is 20.2. The number of nitrogens with zero attached hydrogens (tertiary/aromatic N) is 3. The molecule has 5 aliphatic rings. The Balaban J connectivity index is 1.29. The zero-order chi connectivity index (χ0) is 30.8. The number of nitrogens with one attached hydrogen (secondary N) is 1. The molecule has 1 unspecified atom stereocenters. The first kappa shape index (κ1) is 30.1. The number of piperidine rings is 1. The van der Waals surface area contributed by atoms with Gasteiger partial charge in [-0.05, 0) is 100 Å². The number of fused-ring (bicyclic) bond motifs is 1. The van der Waals surface area contributed by atoms with Gasteiger partial charge in [0.15, 0.2) is 6.04 Å². The highest BCUT2D eigenvalue weighted by atomic mass is 32.2. The van der Waals surface area contributed by atoms with E-state index in [0.29, 0.717) is 24.8 Å². The van der Waals surface area contributed by atoms with Crippen molar-refractivity contribution in [3.8, 4) is 0 Å². The quantitative estimate of drug-likeness (QED) is 0.423. The van der Waals surface area contributed by atoms with Crippen LogP contribution in [0, 0.1) is 17.7 Å². The molecule has 0 radical (unpaired) electrons. The van der Waals surface area contributed by atoms with E-state index < -0.39 is 44.7 Å². The molecule has 7 nitrogen and oxygen atoms in total. The summed E-state index contributed by atoms with van der Waals surface area (Å²) in [5.74, 6) is 0.215. The van der Waals surface area contributed by atoms with E-state index >= 15 is 0 Å². The number of alkyl halides is 3. The van der Waals surface area contributed by atoms with Crippen LogP contribution in [0.5, 0.6) is 0 Å². The molecule has 43 heavy (non-hydrogen) atoms. The van der Waals surface area contributed by atoms with Gasteiger partial charge in [0.1, 0.15) is 11.7 Å². The number of hydrogen-bond acceptors (Lipinski definition) is 5. The normalized spacial score (nSPS) is 28.4. The van der Waals surface area contributed by atoms with Crippen molar-refractivity contribution in [2.75, 3.05) is 13.1 Å². The molecule has 1 N–H and O–H groups in total. The van der Waals surface area contributed by atoms with Gasteiger partial charge in [-0.3, -0.25) is 9.79 Å². The second kappa shape index (κ2) is 10.6. The molecule has 2 aromatic carbocycles. The van der Waals surface area contributed by atoms with Gasteiger partial charge < -0.3 is 10.2 Å². The van der Waals surface area contributed by atoms with Crippen molar-refractivity contribution in [1.29, 1.82) is 0 Å². The van der Waals surface area contributed by atoms with Crippen LogP contribution in [0.15, 0.2) is 58.4 Å². The topological polar surface area (TPSA) is 82.1 Å². The van der Waals surface area contributed by atoms with Gasteiger partial charge in [-0.1, -0.05) is 12.1 Å². The largest absolute Gasteiger partial charge is 0.416 e. The average Bonchev–Trinajstić information content (AvgIpc) is 3.61. The molecule has 0 spiro atoms. The number of hydrogen-bond donors (Lipinski definition) is 1. The zero-order valence-electron chi connectivity index (χ0n) is 24.2. The summed E-state index contributed by atoms with van der Waals surface area (Å²) in [7, 11) is -4.14. The summed E-state index contributed by atoms with van der Waals surface area (Å²) in [6.07, 6.45) is 0.147. The van der Waals surface area contributed by atoms with E-state index in [-0.39, 0.29) is 29.2 Å². The molecule has 2 heterocycles. The Bertz CT molecular complexity index is 1510. The van der Waals surface area contributed by atoms with E-state index in [1.807, 2.05) is 18.7 Å². The lowest BCUT2D eigenvalue weighted by atomic mass is 9.76. The number of amidine groups is 1. The van der Waals surface area contributed by atoms with Gasteiger partial charge in [-0.25, -0.2) is 12.8 Å². The summed E-state index contributed by atoms with van der Waals surface area (Å²) >= 11 is 0. The van der Waals surface area contributed by atoms with Crippen LogP contribution in [0.25, 0.3) is 0 Å². The smallest absolute Gasteiger partial charge is 0.366 e. The number of aliphatic imine (C=N–C) groups is 1. The van der Waals surface area contributed by atoms with Crippen molar-refractivity contribution >= 4 is 21.8 Å². The van der Waals surface area contributed by atoms with Crippen LogP contribution in [0.3, 0.4) is 0 Å². The fraction of sp³-hybridized carbons (Fsp3) is 0.548. The van der Waals surface area contributed by atoms with Crippen molar-refractivity contribution in [3.05, 3.63) is 65.5 Å². The van der Waals surface area contributed by atoms with Crippen LogP contribution in [0.2, 0.25) is 0 Å². The molecule has 1 saturated heterocycles. The fourth-order valence-electron chi connectivity index (χ4n) is 7.35. The highest BCUT2D eigenvalue weighted by molar-refractivity contribution is 7.89. The molecule has 3 saturated carbocycles. The van der Waals surface area contributed by atoms with Crippen LogP contribution < -0.4 is 5.32 Å². The van der Waals surface area contributed by atoms with Gasteiger partial charge in [0, 0.05) is 31.1 Å². The van der Waals surface area contributed by atoms with Crippen LogP contribution in [0.1, 0.15) is 63.5 Å². The van der Waals surface area contributed by atoms with Gasteiger partial charge in [-0.15, -0.1) is 0 Å². The van der Waals surface area contributed by atoms with E-state index in [2.05, 4.69) is 5.32 Å². The van der Waals surface area contributed by atoms with Crippen molar-refractivity contribution in [3.63, 3.8) is 0 Å². The Kier molecular flexibility index (Phi) is 7.39. The number of rotatable bonds is 7. The maximum atomic E-state index is 14.1. The van der Waals surface area contributed by atoms with E-state index in [1.54, 1.807) is 0 Å². The molecule has 2 atom stereocenters. The standard InChI is InChI=1S/C31H36F4N4O3S/c1-29(2)26(28(40)38-14-4-3-5-15-38)36-27(37-29)25-18-30(16-21(25)17-30)39(43(41,42)24-12-10-23(32)11-13-24)19-20-6-8-22(9-7-20)31(33,34)35/h6-13,21,25-26H,3-5,14-19H2,1-2H3,(H,36,37)/t21?,25-,26?,30?/m0/s1. The predicted octanol–water partition coefficient (Wildman–Crippen LogP) is 5.37. The predicted molar refractivity (Wildman–Crippen MR) is 153 cm³/mol. The van der Waals surface area contributed by atoms with Crippen molar-refractivity contribution in [2.24, 2.45) is 16.8 Å². The Morgan fingerprint density at radius 2 is 1.63 bits per heavy atom. The molecule has 232 valence electrons. The second-order valence-corrected chi connectivity index (χ2v) is 14.9. The lowest BCUT2D eigenvalue weighted by Gasteiger charge is -2.46. The maximum Gasteiger partial charge on any atom is 0.416 e. The molecule has 1 amide bonds. The Hall–Kier alpha value is -2.99. The fourth-order valence-corrected chi connectivity index (χ4v) is 9.13. The highest BCUT2D eigenvalue weighted by Gasteiger charge is 2.63. The molecular weight excluding hydrogens is 584 g/mol. The van der Waals surface area contributed by atoms with Crippen LogP contribution in [-0.2, 0) is 27.5 Å². The van der Waals surface area contributed by atoms with Crippen molar-refractivity contribution in [2.45, 2.75) is 87.1 Å². The third kappa shape index (κ3) is 5.45. The Morgan fingerprint density at radius 1 is 1.00 bits per heavy atom. The number of benzene rings is 2. The molecule has 0 aromatic heterocycles. The van der Waals surface area contributed by atoms with Gasteiger partial charge in [-0.2, -0.15) is 17.5 Å². The van der Waals surface area contributed by atoms with Gasteiger partial charge in [0.05, 0.1) is 16.0 Å². The maximum absolute atomic E-state index is 14.1. The Labute approximate surface area is 249 Å². The van der Waals surface area contributed by atoms with E-state index in [9.17, 15) is 30.8 Å². The lowest BCUT2D eigenvalue weighted by Crippen LogP contribution is -2.54. The molecular formula is C31H36F4N4O3S. The zero-order valence-corrected chi connectivity index (χ0v) is 25.0.